The zero-order chi connectivity index (χ0) is 27.3. The number of ether oxygens (including phenoxy) is 3. The number of aromatic amines is 1. The molecular formula is C24H33N5O7S. The molecule has 0 aliphatic rings. The van der Waals surface area contributed by atoms with Gasteiger partial charge in [0.05, 0.1) is 52.7 Å². The molecule has 12 nitrogen and oxygen atoms in total. The third kappa shape index (κ3) is 6.36. The van der Waals surface area contributed by atoms with E-state index in [1.54, 1.807) is 37.2 Å². The summed E-state index contributed by atoms with van der Waals surface area (Å²) in [5, 5.41) is 4.35. The van der Waals surface area contributed by atoms with Gasteiger partial charge in [0.2, 0.25) is 0 Å². The number of carbonyl (C=O) groups excluding carboxylic acids is 1. The highest BCUT2D eigenvalue weighted by Crippen LogP contribution is 2.31. The fourth-order valence-corrected chi connectivity index (χ4v) is 4.83. The molecule has 202 valence electrons. The van der Waals surface area contributed by atoms with Crippen molar-refractivity contribution in [3.63, 3.8) is 0 Å². The SMILES string of the molecule is C=S(C)(=O)N(C(=O)COCCOCCOC)n1c(=O)[nH]c2cc(C(C)C)c(-c3ccnn3C)cc2c1=O. The molecule has 37 heavy (non-hydrogen) atoms. The lowest BCUT2D eigenvalue weighted by Crippen LogP contribution is -2.56. The summed E-state index contributed by atoms with van der Waals surface area (Å²) < 4.78 is 31.2. The second kappa shape index (κ2) is 11.9. The van der Waals surface area contributed by atoms with Crippen LogP contribution < -0.4 is 15.7 Å². The van der Waals surface area contributed by atoms with E-state index in [9.17, 15) is 18.6 Å². The Morgan fingerprint density at radius 2 is 1.86 bits per heavy atom. The highest BCUT2D eigenvalue weighted by Gasteiger charge is 2.27. The van der Waals surface area contributed by atoms with E-state index < -0.39 is 33.5 Å². The zero-order valence-corrected chi connectivity index (χ0v) is 22.5. The van der Waals surface area contributed by atoms with Crippen molar-refractivity contribution in [2.75, 3.05) is 50.8 Å². The molecule has 13 heteroatoms. The highest BCUT2D eigenvalue weighted by molar-refractivity contribution is 8.01. The third-order valence-electron chi connectivity index (χ3n) is 5.56. The van der Waals surface area contributed by atoms with Crippen molar-refractivity contribution in [1.29, 1.82) is 0 Å². The van der Waals surface area contributed by atoms with Gasteiger partial charge in [0.1, 0.15) is 6.61 Å². The zero-order valence-electron chi connectivity index (χ0n) is 21.7. The van der Waals surface area contributed by atoms with Gasteiger partial charge >= 0.3 is 5.69 Å². The number of H-pyrrole nitrogens is 1. The number of nitrogens with zero attached hydrogens (tertiary/aromatic N) is 4. The van der Waals surface area contributed by atoms with Crippen LogP contribution in [-0.2, 0) is 35.8 Å². The second-order valence-corrected chi connectivity index (χ2v) is 11.1. The first-order valence-corrected chi connectivity index (χ1v) is 13.7. The number of aryl methyl sites for hydroxylation is 1. The molecule has 1 N–H and O–H groups in total. The fourth-order valence-electron chi connectivity index (χ4n) is 3.85. The van der Waals surface area contributed by atoms with Gasteiger partial charge in [0.25, 0.3) is 11.5 Å². The molecule has 1 atom stereocenters. The maximum absolute atomic E-state index is 13.6. The quantitative estimate of drug-likeness (QED) is 0.263. The molecular weight excluding hydrogens is 502 g/mol. The van der Waals surface area contributed by atoms with Crippen LogP contribution in [0, 0.1) is 0 Å². The molecule has 0 aliphatic heterocycles. The standard InChI is InChI=1S/C24H33N5O7S/c1-16(2)17-14-20-19(13-18(17)21-7-8-25-27(21)3)23(31)28(24(32)26-20)29(37(5,6)33)22(30)15-36-12-11-35-10-9-34-4/h7-8,13-14,16H,5,9-12,15H2,1-4,6H3,(H,26,32). The van der Waals surface area contributed by atoms with Gasteiger partial charge in [-0.1, -0.05) is 13.8 Å². The van der Waals surface area contributed by atoms with Crippen LogP contribution in [0.3, 0.4) is 0 Å². The molecule has 1 aromatic carbocycles. The predicted octanol–water partition coefficient (Wildman–Crippen LogP) is 0.619. The number of nitrogens with one attached hydrogen (secondary N) is 1. The Kier molecular flexibility index (Phi) is 9.07. The average molecular weight is 536 g/mol. The summed E-state index contributed by atoms with van der Waals surface area (Å²) in [6.07, 6.45) is 2.81. The number of fused-ring (bicyclic) bond motifs is 1. The van der Waals surface area contributed by atoms with Crippen LogP contribution in [0.4, 0.5) is 0 Å². The summed E-state index contributed by atoms with van der Waals surface area (Å²) in [5.41, 5.74) is 0.980. The molecule has 3 rings (SSSR count). The second-order valence-electron chi connectivity index (χ2n) is 8.81. The van der Waals surface area contributed by atoms with Crippen molar-refractivity contribution >= 4 is 32.4 Å². The van der Waals surface area contributed by atoms with Crippen molar-refractivity contribution in [3.8, 4) is 11.3 Å². The lowest BCUT2D eigenvalue weighted by atomic mass is 9.93. The average Bonchev–Trinajstić information content (AvgIpc) is 3.25. The van der Waals surface area contributed by atoms with Crippen molar-refractivity contribution < 1.29 is 23.2 Å². The Morgan fingerprint density at radius 3 is 2.46 bits per heavy atom. The van der Waals surface area contributed by atoms with Crippen LogP contribution in [0.5, 0.6) is 0 Å². The number of amides is 1. The van der Waals surface area contributed by atoms with E-state index in [2.05, 4.69) is 16.0 Å². The first-order chi connectivity index (χ1) is 17.5. The van der Waals surface area contributed by atoms with Gasteiger partial charge in [-0.3, -0.25) is 14.3 Å². The van der Waals surface area contributed by atoms with E-state index in [1.165, 1.54) is 0 Å². The topological polar surface area (TPSA) is 138 Å². The summed E-state index contributed by atoms with van der Waals surface area (Å²) in [7, 11) is -0.0487. The molecule has 0 fully saturated rings. The molecule has 0 bridgehead atoms. The van der Waals surface area contributed by atoms with Crippen LogP contribution in [-0.4, -0.2) is 81.8 Å². The predicted molar refractivity (Wildman–Crippen MR) is 143 cm³/mol. The first-order valence-electron chi connectivity index (χ1n) is 11.6. The molecule has 2 heterocycles. The Labute approximate surface area is 214 Å². The van der Waals surface area contributed by atoms with Crippen LogP contribution in [0.2, 0.25) is 0 Å². The van der Waals surface area contributed by atoms with Crippen LogP contribution in [0.25, 0.3) is 22.2 Å². The molecule has 1 amide bonds. The normalized spacial score (nSPS) is 13.2. The van der Waals surface area contributed by atoms with Gasteiger partial charge in [-0.25, -0.2) is 9.00 Å². The van der Waals surface area contributed by atoms with Crippen molar-refractivity contribution in [2.45, 2.75) is 19.8 Å². The minimum absolute atomic E-state index is 0.0698. The first kappa shape index (κ1) is 28.3. The molecule has 2 aromatic heterocycles. The number of aromatic nitrogens is 4. The summed E-state index contributed by atoms with van der Waals surface area (Å²) in [4.78, 5) is 42.3. The number of hydrogen-bond acceptors (Lipinski definition) is 8. The van der Waals surface area contributed by atoms with E-state index in [4.69, 9.17) is 14.2 Å². The van der Waals surface area contributed by atoms with E-state index in [1.807, 2.05) is 19.9 Å². The number of benzene rings is 1. The molecule has 0 saturated carbocycles. The van der Waals surface area contributed by atoms with Crippen LogP contribution in [0.1, 0.15) is 25.3 Å². The Balaban J connectivity index is 2.05. The smallest absolute Gasteiger partial charge is 0.349 e. The van der Waals surface area contributed by atoms with Gasteiger partial charge in [-0.05, 0) is 35.6 Å². The fraction of sp³-hybridized carbons (Fsp3) is 0.458. The Bertz CT molecular complexity index is 1490. The molecule has 1 unspecified atom stereocenters. The van der Waals surface area contributed by atoms with Crippen molar-refractivity contribution in [1.82, 2.24) is 19.4 Å². The lowest BCUT2D eigenvalue weighted by Gasteiger charge is -2.24. The van der Waals surface area contributed by atoms with Crippen LogP contribution in [0.15, 0.2) is 34.0 Å². The molecule has 0 aliphatic carbocycles. The molecule has 0 saturated heterocycles. The number of hydrogen-bond donors (Lipinski definition) is 1. The third-order valence-corrected chi connectivity index (χ3v) is 6.65. The lowest BCUT2D eigenvalue weighted by molar-refractivity contribution is -0.123. The monoisotopic (exact) mass is 535 g/mol. The minimum Gasteiger partial charge on any atom is -0.382 e. The van der Waals surface area contributed by atoms with E-state index in [0.717, 1.165) is 23.1 Å². The van der Waals surface area contributed by atoms with Gasteiger partial charge < -0.3 is 19.2 Å². The summed E-state index contributed by atoms with van der Waals surface area (Å²) in [6.45, 7) is 4.51. The Morgan fingerprint density at radius 1 is 1.19 bits per heavy atom. The number of rotatable bonds is 12. The maximum atomic E-state index is 13.6. The van der Waals surface area contributed by atoms with Gasteiger partial charge in [0, 0.05) is 32.2 Å². The van der Waals surface area contributed by atoms with Crippen molar-refractivity contribution in [3.05, 3.63) is 50.8 Å². The van der Waals surface area contributed by atoms with E-state index >= 15 is 0 Å². The summed E-state index contributed by atoms with van der Waals surface area (Å²) in [6, 6.07) is 5.20. The highest BCUT2D eigenvalue weighted by atomic mass is 32.2. The van der Waals surface area contributed by atoms with Crippen LogP contribution >= 0.6 is 0 Å². The summed E-state index contributed by atoms with van der Waals surface area (Å²) >= 11 is 0. The molecule has 0 radical (unpaired) electrons. The number of methoxy groups -OCH3 is 1. The number of carbonyl (C=O) groups is 1. The molecule has 0 spiro atoms. The summed E-state index contributed by atoms with van der Waals surface area (Å²) in [5.74, 6) is 2.74. The van der Waals surface area contributed by atoms with E-state index in [0.29, 0.717) is 27.8 Å². The molecule has 3 aromatic rings. The van der Waals surface area contributed by atoms with Crippen molar-refractivity contribution in [2.24, 2.45) is 7.05 Å². The van der Waals surface area contributed by atoms with Gasteiger partial charge in [0.15, 0.2) is 0 Å². The Hall–Kier alpha value is -3.26. The largest absolute Gasteiger partial charge is 0.382 e. The van der Waals surface area contributed by atoms with Gasteiger partial charge in [-0.15, -0.1) is 4.68 Å². The minimum atomic E-state index is -3.38. The van der Waals surface area contributed by atoms with E-state index in [-0.39, 0.29) is 24.5 Å². The maximum Gasteiger partial charge on any atom is 0.349 e. The van der Waals surface area contributed by atoms with Gasteiger partial charge in [-0.2, -0.15) is 9.51 Å².